The molecular weight excluding hydrogens is 789 g/mol. The van der Waals surface area contributed by atoms with Gasteiger partial charge in [0, 0.05) is 50.2 Å². The number of nitrogen functional groups attached to an aromatic ring is 1. The number of azide groups is 1. The number of nitrogens with two attached hydrogens (primary N) is 1. The smallest absolute Gasteiger partial charge is 0.338 e. The Bertz CT molecular complexity index is 2450. The van der Waals surface area contributed by atoms with Crippen LogP contribution in [0.2, 0.25) is 0 Å². The van der Waals surface area contributed by atoms with Crippen LogP contribution in [-0.2, 0) is 33.8 Å². The van der Waals surface area contributed by atoms with E-state index in [9.17, 15) is 18.4 Å². The Kier molecular flexibility index (Phi) is 15.4. The second kappa shape index (κ2) is 20.8. The van der Waals surface area contributed by atoms with Gasteiger partial charge in [-0.15, -0.1) is 23.5 Å². The predicted molar refractivity (Wildman–Crippen MR) is 219 cm³/mol. The van der Waals surface area contributed by atoms with Crippen molar-refractivity contribution in [2.45, 2.75) is 34.1 Å². The predicted octanol–water partition coefficient (Wildman–Crippen LogP) is 11.8. The van der Waals surface area contributed by atoms with Crippen molar-refractivity contribution in [2.24, 2.45) is 5.11 Å². The number of thioether (sulfide) groups is 2. The summed E-state index contributed by atoms with van der Waals surface area (Å²) in [7, 11) is 2.41. The largest absolute Gasteiger partial charge is 0.465 e. The molecule has 6 aromatic rings. The molecule has 0 amide bonds. The van der Waals surface area contributed by atoms with Gasteiger partial charge in [0.05, 0.1) is 36.7 Å². The Morgan fingerprint density at radius 3 is 1.50 bits per heavy atom. The van der Waals surface area contributed by atoms with Crippen molar-refractivity contribution in [2.75, 3.05) is 20.0 Å². The molecular formula is C44H36F4N4O4S2. The molecule has 0 spiro atoms. The summed E-state index contributed by atoms with van der Waals surface area (Å²) in [4.78, 5) is 28.1. The number of halogens is 4. The van der Waals surface area contributed by atoms with Gasteiger partial charge in [-0.25, -0.2) is 27.2 Å². The number of carbonyl (C=O) groups excluding carboxylic acids is 2. The fourth-order valence-corrected chi connectivity index (χ4v) is 7.72. The quantitative estimate of drug-likeness (QED) is 0.0234. The molecule has 0 unspecified atom stereocenters. The van der Waals surface area contributed by atoms with Gasteiger partial charge in [0.25, 0.3) is 0 Å². The van der Waals surface area contributed by atoms with E-state index in [-0.39, 0.29) is 57.6 Å². The van der Waals surface area contributed by atoms with Crippen molar-refractivity contribution < 1.29 is 36.6 Å². The molecule has 0 bridgehead atoms. The molecule has 0 aliphatic heterocycles. The van der Waals surface area contributed by atoms with Gasteiger partial charge in [0.2, 0.25) is 0 Å². The highest BCUT2D eigenvalue weighted by Gasteiger charge is 2.25. The fraction of sp³-hybridized carbons (Fsp3) is 0.136. The second-order valence-corrected chi connectivity index (χ2v) is 14.5. The lowest BCUT2D eigenvalue weighted by Gasteiger charge is -2.15. The van der Waals surface area contributed by atoms with Gasteiger partial charge in [0.15, 0.2) is 5.82 Å². The number of hydrogen-bond acceptors (Lipinski definition) is 8. The zero-order valence-corrected chi connectivity index (χ0v) is 32.9. The molecule has 0 heterocycles. The summed E-state index contributed by atoms with van der Waals surface area (Å²) in [6.07, 6.45) is -0.294. The summed E-state index contributed by atoms with van der Waals surface area (Å²) in [5.74, 6) is -2.99. The van der Waals surface area contributed by atoms with Crippen LogP contribution in [0.5, 0.6) is 0 Å². The molecule has 0 saturated carbocycles. The lowest BCUT2D eigenvalue weighted by atomic mass is 9.98. The van der Waals surface area contributed by atoms with E-state index in [0.29, 0.717) is 21.3 Å². The Morgan fingerprint density at radius 2 is 1.05 bits per heavy atom. The molecule has 0 aliphatic rings. The van der Waals surface area contributed by atoms with Crippen LogP contribution in [0.15, 0.2) is 136 Å². The highest BCUT2D eigenvalue weighted by Crippen LogP contribution is 2.39. The van der Waals surface area contributed by atoms with Crippen molar-refractivity contribution >= 4 is 46.8 Å². The summed E-state index contributed by atoms with van der Waals surface area (Å²) in [5, 5.41) is 3.51. The first kappa shape index (κ1) is 42.9. The minimum atomic E-state index is -0.866. The van der Waals surface area contributed by atoms with E-state index in [1.54, 1.807) is 24.3 Å². The molecule has 296 valence electrons. The molecule has 0 aliphatic carbocycles. The van der Waals surface area contributed by atoms with E-state index >= 15 is 8.78 Å². The average Bonchev–Trinajstić information content (AvgIpc) is 3.25. The first-order chi connectivity index (χ1) is 28.1. The highest BCUT2D eigenvalue weighted by molar-refractivity contribution is 7.99. The molecule has 6 aromatic carbocycles. The van der Waals surface area contributed by atoms with E-state index in [0.717, 1.165) is 11.1 Å². The molecule has 0 radical (unpaired) electrons. The van der Waals surface area contributed by atoms with Gasteiger partial charge >= 0.3 is 11.9 Å². The number of methoxy groups -OCH3 is 2. The summed E-state index contributed by atoms with van der Waals surface area (Å²) in [5.41, 5.74) is 17.1. The van der Waals surface area contributed by atoms with Crippen LogP contribution >= 0.6 is 23.5 Å². The fourth-order valence-electron chi connectivity index (χ4n) is 5.77. The SMILES string of the molecule is COC(=O)c1cc(SCc2ccccc2)c(N)c(F)c1Cc1ccccc1F.COC(=O)c1cc(SCc2ccccc2)c(N=[N+]=[N-])c(F)c1Cc1ccccc1F. The molecule has 0 fully saturated rings. The minimum absolute atomic E-state index is 0.0264. The first-order valence-electron chi connectivity index (χ1n) is 17.5. The first-order valence-corrected chi connectivity index (χ1v) is 19.5. The molecule has 6 rings (SSSR count). The van der Waals surface area contributed by atoms with Crippen molar-refractivity contribution in [1.29, 1.82) is 0 Å². The highest BCUT2D eigenvalue weighted by atomic mass is 32.2. The van der Waals surface area contributed by atoms with E-state index in [2.05, 4.69) is 10.0 Å². The number of hydrogen-bond donors (Lipinski definition) is 1. The number of ether oxygens (including phenoxy) is 2. The Morgan fingerprint density at radius 1 is 0.638 bits per heavy atom. The third-order valence-electron chi connectivity index (χ3n) is 8.75. The van der Waals surface area contributed by atoms with Crippen LogP contribution in [0.25, 0.3) is 10.4 Å². The van der Waals surface area contributed by atoms with Gasteiger partial charge in [-0.1, -0.05) is 102 Å². The lowest BCUT2D eigenvalue weighted by molar-refractivity contribution is 0.0589. The van der Waals surface area contributed by atoms with Crippen LogP contribution in [0.3, 0.4) is 0 Å². The maximum atomic E-state index is 15.4. The molecule has 2 N–H and O–H groups in total. The topological polar surface area (TPSA) is 127 Å². The summed E-state index contributed by atoms with van der Waals surface area (Å²) < 4.78 is 68.3. The van der Waals surface area contributed by atoms with Gasteiger partial charge < -0.3 is 15.2 Å². The van der Waals surface area contributed by atoms with Crippen LogP contribution < -0.4 is 5.73 Å². The van der Waals surface area contributed by atoms with Crippen molar-refractivity contribution in [3.8, 4) is 0 Å². The zero-order chi connectivity index (χ0) is 41.6. The molecule has 0 atom stereocenters. The van der Waals surface area contributed by atoms with Crippen LogP contribution in [-0.4, -0.2) is 26.2 Å². The number of nitrogens with zero attached hydrogens (tertiary/aromatic N) is 3. The third-order valence-corrected chi connectivity index (χ3v) is 11.0. The number of anilines is 1. The molecule has 8 nitrogen and oxygen atoms in total. The van der Waals surface area contributed by atoms with Crippen molar-refractivity contribution in [1.82, 2.24) is 0 Å². The van der Waals surface area contributed by atoms with Gasteiger partial charge in [-0.3, -0.25) is 0 Å². The van der Waals surface area contributed by atoms with E-state index in [1.807, 2.05) is 60.7 Å². The minimum Gasteiger partial charge on any atom is -0.465 e. The standard InChI is InChI=1S/C22H17F2N3O2S.C22H19F2NO2S/c1-29-22(28)17-12-19(30-13-14-7-3-2-4-8-14)21(26-27-25)20(24)16(17)11-15-9-5-6-10-18(15)23;1-27-22(26)17-12-19(28-13-14-7-3-2-4-8-14)21(25)20(24)16(17)11-15-9-5-6-10-18(15)23/h2-10,12H,11,13H2,1H3;2-10,12H,11,13,25H2,1H3. The number of carbonyl (C=O) groups is 2. The van der Waals surface area contributed by atoms with E-state index in [1.165, 1.54) is 74.1 Å². The summed E-state index contributed by atoms with van der Waals surface area (Å²) >= 11 is 2.56. The summed E-state index contributed by atoms with van der Waals surface area (Å²) in [6, 6.07) is 34.0. The maximum Gasteiger partial charge on any atom is 0.338 e. The Hall–Kier alpha value is -6.21. The lowest BCUT2D eigenvalue weighted by Crippen LogP contribution is -2.12. The van der Waals surface area contributed by atoms with E-state index < -0.39 is 35.2 Å². The number of benzene rings is 6. The van der Waals surface area contributed by atoms with Crippen molar-refractivity contribution in [3.63, 3.8) is 0 Å². The zero-order valence-electron chi connectivity index (χ0n) is 31.3. The van der Waals surface area contributed by atoms with Crippen LogP contribution in [0, 0.1) is 23.3 Å². The molecule has 14 heteroatoms. The molecule has 0 saturated heterocycles. The normalized spacial score (nSPS) is 10.5. The van der Waals surface area contributed by atoms with Gasteiger partial charge in [-0.2, -0.15) is 0 Å². The van der Waals surface area contributed by atoms with Gasteiger partial charge in [-0.05, 0) is 52.1 Å². The average molecular weight is 825 g/mol. The van der Waals surface area contributed by atoms with Crippen LogP contribution in [0.4, 0.5) is 28.9 Å². The molecule has 58 heavy (non-hydrogen) atoms. The Balaban J connectivity index is 0.000000221. The van der Waals surface area contributed by atoms with Gasteiger partial charge in [0.1, 0.15) is 17.5 Å². The monoisotopic (exact) mass is 824 g/mol. The molecule has 0 aromatic heterocycles. The number of rotatable bonds is 13. The maximum absolute atomic E-state index is 15.4. The number of esters is 2. The summed E-state index contributed by atoms with van der Waals surface area (Å²) in [6.45, 7) is 0. The Labute approximate surface area is 341 Å². The third kappa shape index (κ3) is 10.8. The van der Waals surface area contributed by atoms with Crippen molar-refractivity contribution in [3.05, 3.63) is 200 Å². The van der Waals surface area contributed by atoms with E-state index in [4.69, 9.17) is 20.7 Å². The van der Waals surface area contributed by atoms with Crippen LogP contribution in [0.1, 0.15) is 54.1 Å². The second-order valence-electron chi connectivity index (χ2n) is 12.4.